The fourth-order valence-corrected chi connectivity index (χ4v) is 4.91. The highest BCUT2D eigenvalue weighted by Gasteiger charge is 2.37. The van der Waals surface area contributed by atoms with Gasteiger partial charge in [-0.1, -0.05) is 35.0 Å². The van der Waals surface area contributed by atoms with E-state index in [0.29, 0.717) is 5.56 Å². The smallest absolute Gasteiger partial charge is 0.244 e. The highest BCUT2D eigenvalue weighted by atomic mass is 35.5. The Bertz CT molecular complexity index is 693. The summed E-state index contributed by atoms with van der Waals surface area (Å²) < 4.78 is 27.6. The van der Waals surface area contributed by atoms with Crippen LogP contribution in [-0.2, 0) is 10.0 Å². The van der Waals surface area contributed by atoms with Gasteiger partial charge in [-0.2, -0.15) is 0 Å². The van der Waals surface area contributed by atoms with Crippen molar-refractivity contribution in [3.63, 3.8) is 0 Å². The number of nitrogens with one attached hydrogen (secondary N) is 1. The molecule has 0 saturated heterocycles. The predicted octanol–water partition coefficient (Wildman–Crippen LogP) is 2.52. The van der Waals surface area contributed by atoms with Crippen LogP contribution in [0.5, 0.6) is 0 Å². The van der Waals surface area contributed by atoms with Gasteiger partial charge in [-0.15, -0.1) is 0 Å². The summed E-state index contributed by atoms with van der Waals surface area (Å²) in [5.41, 5.74) is 5.42. The molecule has 0 bridgehead atoms. The van der Waals surface area contributed by atoms with Gasteiger partial charge in [-0.25, -0.2) is 13.1 Å². The van der Waals surface area contributed by atoms with Crippen LogP contribution in [0.2, 0.25) is 10.0 Å². The average molecular weight is 347 g/mol. The summed E-state index contributed by atoms with van der Waals surface area (Å²) in [5, 5.41) is 0.110. The van der Waals surface area contributed by atoms with Crippen LogP contribution in [0.3, 0.4) is 0 Å². The molecule has 21 heavy (non-hydrogen) atoms. The van der Waals surface area contributed by atoms with E-state index >= 15 is 0 Å². The maximum absolute atomic E-state index is 12.5. The van der Waals surface area contributed by atoms with Crippen molar-refractivity contribution in [2.75, 3.05) is 6.54 Å². The Hall–Kier alpha value is -0.770. The zero-order chi connectivity index (χ0) is 15.7. The summed E-state index contributed by atoms with van der Waals surface area (Å²) in [6, 6.07) is 2.96. The molecule has 0 unspecified atom stereocenters. The third-order valence-electron chi connectivity index (χ3n) is 3.44. The molecule has 1 saturated carbocycles. The first-order valence-corrected chi connectivity index (χ1v) is 8.73. The lowest BCUT2D eigenvalue weighted by molar-refractivity contribution is 0.248. The Morgan fingerprint density at radius 3 is 2.33 bits per heavy atom. The molecule has 1 aliphatic carbocycles. The van der Waals surface area contributed by atoms with Gasteiger partial charge in [-0.3, -0.25) is 0 Å². The minimum Gasteiger partial charge on any atom is -0.320 e. The van der Waals surface area contributed by atoms with Crippen LogP contribution >= 0.6 is 23.2 Å². The highest BCUT2D eigenvalue weighted by molar-refractivity contribution is 7.89. The fourth-order valence-electron chi connectivity index (χ4n) is 2.23. The number of hydrogen-bond acceptors (Lipinski definition) is 3. The Kier molecular flexibility index (Phi) is 4.86. The largest absolute Gasteiger partial charge is 0.320 e. The van der Waals surface area contributed by atoms with Gasteiger partial charge in [-0.05, 0) is 38.3 Å². The number of hydrogen-bond donors (Lipinski definition) is 2. The molecule has 0 amide bonds. The zero-order valence-electron chi connectivity index (χ0n) is 11.5. The van der Waals surface area contributed by atoms with Crippen molar-refractivity contribution in [3.8, 4) is 11.8 Å². The SMILES string of the molecule is CC1(NS(=O)(=O)c2c(Cl)cc(C#CCN)cc2Cl)CCC1. The second-order valence-corrected chi connectivity index (χ2v) is 7.73. The maximum Gasteiger partial charge on any atom is 0.244 e. The van der Waals surface area contributed by atoms with Crippen molar-refractivity contribution < 1.29 is 8.42 Å². The van der Waals surface area contributed by atoms with E-state index < -0.39 is 15.6 Å². The minimum atomic E-state index is -3.76. The first-order valence-electron chi connectivity index (χ1n) is 6.49. The first-order chi connectivity index (χ1) is 9.77. The molecule has 0 spiro atoms. The molecule has 114 valence electrons. The number of rotatable bonds is 3. The van der Waals surface area contributed by atoms with Gasteiger partial charge in [0.15, 0.2) is 0 Å². The van der Waals surface area contributed by atoms with Crippen LogP contribution in [0.25, 0.3) is 0 Å². The Labute approximate surface area is 135 Å². The van der Waals surface area contributed by atoms with Crippen LogP contribution in [0.15, 0.2) is 17.0 Å². The second kappa shape index (κ2) is 6.15. The summed E-state index contributed by atoms with van der Waals surface area (Å²) >= 11 is 12.2. The Morgan fingerprint density at radius 1 is 1.33 bits per heavy atom. The lowest BCUT2D eigenvalue weighted by atomic mass is 9.80. The van der Waals surface area contributed by atoms with Crippen molar-refractivity contribution >= 4 is 33.2 Å². The number of nitrogens with two attached hydrogens (primary N) is 1. The molecule has 3 N–H and O–H groups in total. The molecule has 1 aromatic rings. The molecule has 1 fully saturated rings. The molecule has 0 aliphatic heterocycles. The predicted molar refractivity (Wildman–Crippen MR) is 85.0 cm³/mol. The van der Waals surface area contributed by atoms with Crippen molar-refractivity contribution in [2.24, 2.45) is 5.73 Å². The Morgan fingerprint density at radius 2 is 1.90 bits per heavy atom. The normalized spacial score (nSPS) is 16.8. The molecule has 2 rings (SSSR count). The number of sulfonamides is 1. The third kappa shape index (κ3) is 3.71. The molecule has 1 aromatic carbocycles. The fraction of sp³-hybridized carbons (Fsp3) is 0.429. The summed E-state index contributed by atoms with van der Waals surface area (Å²) in [4.78, 5) is -0.0998. The molecule has 0 atom stereocenters. The van der Waals surface area contributed by atoms with Gasteiger partial charge in [0.25, 0.3) is 0 Å². The summed E-state index contributed by atoms with van der Waals surface area (Å²) in [6.07, 6.45) is 2.62. The molecular weight excluding hydrogens is 331 g/mol. The molecule has 1 aliphatic rings. The van der Waals surface area contributed by atoms with Crippen molar-refractivity contribution in [3.05, 3.63) is 27.7 Å². The molecular formula is C14H16Cl2N2O2S. The topological polar surface area (TPSA) is 72.2 Å². The van der Waals surface area contributed by atoms with Gasteiger partial charge in [0, 0.05) is 11.1 Å². The van der Waals surface area contributed by atoms with E-state index in [2.05, 4.69) is 16.6 Å². The average Bonchev–Trinajstić information content (AvgIpc) is 2.32. The van der Waals surface area contributed by atoms with Crippen LogP contribution in [0, 0.1) is 11.8 Å². The van der Waals surface area contributed by atoms with Crippen molar-refractivity contribution in [2.45, 2.75) is 36.6 Å². The van der Waals surface area contributed by atoms with E-state index in [1.54, 1.807) is 0 Å². The van der Waals surface area contributed by atoms with Crippen molar-refractivity contribution in [1.29, 1.82) is 0 Å². The lowest BCUT2D eigenvalue weighted by Gasteiger charge is -2.38. The van der Waals surface area contributed by atoms with Gasteiger partial charge >= 0.3 is 0 Å². The zero-order valence-corrected chi connectivity index (χ0v) is 13.9. The van der Waals surface area contributed by atoms with Gasteiger partial charge in [0.1, 0.15) is 4.90 Å². The molecule has 4 nitrogen and oxygen atoms in total. The summed E-state index contributed by atoms with van der Waals surface area (Å²) in [5.74, 6) is 5.45. The van der Waals surface area contributed by atoms with Crippen LogP contribution in [0.1, 0.15) is 31.7 Å². The Balaban J connectivity index is 2.39. The van der Waals surface area contributed by atoms with Gasteiger partial charge in [0.05, 0.1) is 16.6 Å². The minimum absolute atomic E-state index is 0.0549. The molecule has 0 heterocycles. The first kappa shape index (κ1) is 16.6. The van der Waals surface area contributed by atoms with E-state index in [0.717, 1.165) is 19.3 Å². The van der Waals surface area contributed by atoms with E-state index in [1.807, 2.05) is 6.92 Å². The third-order valence-corrected chi connectivity index (χ3v) is 6.00. The van der Waals surface area contributed by atoms with E-state index in [1.165, 1.54) is 12.1 Å². The van der Waals surface area contributed by atoms with E-state index in [4.69, 9.17) is 28.9 Å². The summed E-state index contributed by atoms with van der Waals surface area (Å²) in [7, 11) is -3.76. The van der Waals surface area contributed by atoms with Crippen molar-refractivity contribution in [1.82, 2.24) is 4.72 Å². The van der Waals surface area contributed by atoms with Gasteiger partial charge in [0.2, 0.25) is 10.0 Å². The van der Waals surface area contributed by atoms with Crippen LogP contribution in [-0.4, -0.2) is 20.5 Å². The van der Waals surface area contributed by atoms with Crippen LogP contribution < -0.4 is 10.5 Å². The standard InChI is InChI=1S/C14H16Cl2N2O2S/c1-14(5-3-6-14)18-21(19,20)13-11(15)8-10(4-2-7-17)9-12(13)16/h8-9,18H,3,5-7,17H2,1H3. The maximum atomic E-state index is 12.5. The molecule has 7 heteroatoms. The summed E-state index contributed by atoms with van der Waals surface area (Å²) in [6.45, 7) is 2.08. The van der Waals surface area contributed by atoms with Gasteiger partial charge < -0.3 is 5.73 Å². The number of halogens is 2. The lowest BCUT2D eigenvalue weighted by Crippen LogP contribution is -2.50. The van der Waals surface area contributed by atoms with E-state index in [9.17, 15) is 8.42 Å². The molecule has 0 aromatic heterocycles. The second-order valence-electron chi connectivity index (χ2n) is 5.29. The van der Waals surface area contributed by atoms with E-state index in [-0.39, 0.29) is 21.5 Å². The number of benzene rings is 1. The quantitative estimate of drug-likeness (QED) is 0.826. The highest BCUT2D eigenvalue weighted by Crippen LogP contribution is 2.36. The van der Waals surface area contributed by atoms with Crippen LogP contribution in [0.4, 0.5) is 0 Å². The monoisotopic (exact) mass is 346 g/mol. The molecule has 0 radical (unpaired) electrons.